The van der Waals surface area contributed by atoms with E-state index >= 15 is 0 Å². The summed E-state index contributed by atoms with van der Waals surface area (Å²) < 4.78 is 7.00. The van der Waals surface area contributed by atoms with Crippen molar-refractivity contribution in [3.05, 3.63) is 24.3 Å². The molecule has 0 aliphatic carbocycles. The summed E-state index contributed by atoms with van der Waals surface area (Å²) in [5.74, 6) is 1.54. The Balaban J connectivity index is 2.25. The highest BCUT2D eigenvalue weighted by atomic mass is 32.2. The minimum Gasteiger partial charge on any atom is -0.497 e. The maximum absolute atomic E-state index is 12.6. The Morgan fingerprint density at radius 3 is 2.65 bits per heavy atom. The fourth-order valence-electron chi connectivity index (χ4n) is 2.58. The number of nitrogens with zero attached hydrogens (tertiary/aromatic N) is 2. The van der Waals surface area contributed by atoms with E-state index in [0.717, 1.165) is 29.4 Å². The van der Waals surface area contributed by atoms with Gasteiger partial charge in [-0.15, -0.1) is 0 Å². The molecule has 1 heterocycles. The topological polar surface area (TPSA) is 53.0 Å². The van der Waals surface area contributed by atoms with Crippen molar-refractivity contribution in [1.82, 2.24) is 9.37 Å². The molecule has 2 rings (SSSR count). The smallest absolute Gasteiger partial charge is 0.265 e. The van der Waals surface area contributed by atoms with Gasteiger partial charge in [0.05, 0.1) is 7.11 Å². The molecule has 7 heteroatoms. The molecule has 0 saturated carbocycles. The molecule has 0 spiro atoms. The fourth-order valence-corrected chi connectivity index (χ4v) is 5.04. The summed E-state index contributed by atoms with van der Waals surface area (Å²) in [5, 5.41) is 10.4. The Labute approximate surface area is 146 Å². The van der Waals surface area contributed by atoms with Gasteiger partial charge in [0.25, 0.3) is 5.91 Å². The van der Waals surface area contributed by atoms with Crippen LogP contribution in [0.15, 0.2) is 29.2 Å². The van der Waals surface area contributed by atoms with Crippen LogP contribution in [0, 0.1) is 0 Å². The summed E-state index contributed by atoms with van der Waals surface area (Å²) in [5.41, 5.74) is 0. The number of carbonyl (C=O) groups excluding carboxylic acids is 1. The van der Waals surface area contributed by atoms with Crippen molar-refractivity contribution in [3.8, 4) is 5.75 Å². The monoisotopic (exact) mass is 356 g/mol. The van der Waals surface area contributed by atoms with Crippen LogP contribution in [0.25, 0.3) is 0 Å². The lowest BCUT2D eigenvalue weighted by molar-refractivity contribution is -0.164. The van der Waals surface area contributed by atoms with Gasteiger partial charge < -0.3 is 4.74 Å². The number of methoxy groups -OCH3 is 1. The molecule has 23 heavy (non-hydrogen) atoms. The summed E-state index contributed by atoms with van der Waals surface area (Å²) >= 11 is 3.34. The van der Waals surface area contributed by atoms with E-state index in [1.54, 1.807) is 30.8 Å². The van der Waals surface area contributed by atoms with Crippen molar-refractivity contribution >= 4 is 29.6 Å². The first-order valence-electron chi connectivity index (χ1n) is 7.54. The van der Waals surface area contributed by atoms with Crippen LogP contribution >= 0.6 is 23.7 Å². The zero-order chi connectivity index (χ0) is 17.0. The standard InChI is InChI=1S/C16H24N2O3S2/c1-16(2)14(15(19)17(3)20)18(10-5-11-22-16)23-13-8-6-12(21-4)7-9-13/h6-9,14,20H,5,10-11H2,1-4H3. The normalized spacial score (nSPS) is 21.5. The average molecular weight is 357 g/mol. The average Bonchev–Trinajstić information content (AvgIpc) is 2.65. The molecule has 128 valence electrons. The lowest BCUT2D eigenvalue weighted by atomic mass is 10.0. The third-order valence-electron chi connectivity index (χ3n) is 3.78. The molecule has 0 aromatic heterocycles. The zero-order valence-electron chi connectivity index (χ0n) is 14.0. The lowest BCUT2D eigenvalue weighted by Gasteiger charge is -2.38. The third kappa shape index (κ3) is 4.56. The van der Waals surface area contributed by atoms with E-state index in [1.807, 2.05) is 24.3 Å². The lowest BCUT2D eigenvalue weighted by Crippen LogP contribution is -2.53. The van der Waals surface area contributed by atoms with E-state index in [1.165, 1.54) is 7.05 Å². The highest BCUT2D eigenvalue weighted by molar-refractivity contribution is 8.01. The second kappa shape index (κ2) is 7.79. The van der Waals surface area contributed by atoms with Crippen molar-refractivity contribution in [2.75, 3.05) is 26.5 Å². The van der Waals surface area contributed by atoms with Crippen LogP contribution in [0.3, 0.4) is 0 Å². The summed E-state index contributed by atoms with van der Waals surface area (Å²) in [6.07, 6.45) is 1.01. The Morgan fingerprint density at radius 1 is 1.43 bits per heavy atom. The van der Waals surface area contributed by atoms with Gasteiger partial charge in [0.1, 0.15) is 11.8 Å². The third-order valence-corrected chi connectivity index (χ3v) is 6.35. The molecule has 1 aromatic carbocycles. The molecule has 1 aromatic rings. The van der Waals surface area contributed by atoms with Crippen LogP contribution in [0.4, 0.5) is 0 Å². The van der Waals surface area contributed by atoms with Gasteiger partial charge in [-0.1, -0.05) is 0 Å². The molecule has 1 amide bonds. The first kappa shape index (κ1) is 18.4. The van der Waals surface area contributed by atoms with Crippen molar-refractivity contribution in [1.29, 1.82) is 0 Å². The first-order chi connectivity index (χ1) is 10.8. The van der Waals surface area contributed by atoms with Crippen LogP contribution in [-0.4, -0.2) is 57.7 Å². The number of rotatable bonds is 4. The number of hydrogen-bond donors (Lipinski definition) is 1. The number of hydrogen-bond acceptors (Lipinski definition) is 6. The summed E-state index contributed by atoms with van der Waals surface area (Å²) in [6, 6.07) is 7.40. The molecule has 0 bridgehead atoms. The van der Waals surface area contributed by atoms with Gasteiger partial charge >= 0.3 is 0 Å². The van der Waals surface area contributed by atoms with Crippen LogP contribution < -0.4 is 4.74 Å². The van der Waals surface area contributed by atoms with Gasteiger partial charge in [0.2, 0.25) is 0 Å². The second-order valence-corrected chi connectivity index (χ2v) is 8.85. The van der Waals surface area contributed by atoms with Gasteiger partial charge in [-0.25, -0.2) is 9.37 Å². The molecular weight excluding hydrogens is 332 g/mol. The molecule has 5 nitrogen and oxygen atoms in total. The Morgan fingerprint density at radius 2 is 2.09 bits per heavy atom. The van der Waals surface area contributed by atoms with E-state index in [9.17, 15) is 10.0 Å². The largest absolute Gasteiger partial charge is 0.497 e. The number of benzene rings is 1. The van der Waals surface area contributed by atoms with Crippen LogP contribution in [0.1, 0.15) is 20.3 Å². The molecule has 0 radical (unpaired) electrons. The van der Waals surface area contributed by atoms with E-state index < -0.39 is 6.04 Å². The highest BCUT2D eigenvalue weighted by Gasteiger charge is 2.43. The first-order valence-corrected chi connectivity index (χ1v) is 9.30. The molecule has 1 unspecified atom stereocenters. The fraction of sp³-hybridized carbons (Fsp3) is 0.562. The van der Waals surface area contributed by atoms with Gasteiger partial charge in [-0.05, 0) is 62.2 Å². The summed E-state index contributed by atoms with van der Waals surface area (Å²) in [4.78, 5) is 13.6. The van der Waals surface area contributed by atoms with Crippen molar-refractivity contribution in [2.24, 2.45) is 0 Å². The molecule has 1 aliphatic heterocycles. The minimum atomic E-state index is -0.392. The van der Waals surface area contributed by atoms with Gasteiger partial charge in [-0.2, -0.15) is 11.8 Å². The van der Waals surface area contributed by atoms with Gasteiger partial charge in [-0.3, -0.25) is 10.0 Å². The van der Waals surface area contributed by atoms with Crippen molar-refractivity contribution < 1.29 is 14.7 Å². The predicted octanol–water partition coefficient (Wildman–Crippen LogP) is 3.14. The molecule has 1 saturated heterocycles. The minimum absolute atomic E-state index is 0.273. The number of thioether (sulfide) groups is 1. The molecule has 1 aliphatic rings. The van der Waals surface area contributed by atoms with Gasteiger partial charge in [0, 0.05) is 23.2 Å². The number of ether oxygens (including phenoxy) is 1. The molecule has 1 N–H and O–H groups in total. The number of carbonyl (C=O) groups is 1. The molecule has 1 fully saturated rings. The SMILES string of the molecule is COc1ccc(SN2CCCSC(C)(C)C2C(=O)N(C)O)cc1. The van der Waals surface area contributed by atoms with Crippen LogP contribution in [-0.2, 0) is 4.79 Å². The van der Waals surface area contributed by atoms with E-state index in [0.29, 0.717) is 5.06 Å². The van der Waals surface area contributed by atoms with Crippen molar-refractivity contribution in [2.45, 2.75) is 36.0 Å². The number of likely N-dealkylation sites (N-methyl/N-ethyl adjacent to an activating group) is 1. The van der Waals surface area contributed by atoms with E-state index in [-0.39, 0.29) is 10.7 Å². The second-order valence-electron chi connectivity index (χ2n) is 5.98. The van der Waals surface area contributed by atoms with Crippen LogP contribution in [0.5, 0.6) is 5.75 Å². The molecule has 1 atom stereocenters. The highest BCUT2D eigenvalue weighted by Crippen LogP contribution is 2.40. The maximum atomic E-state index is 12.6. The Kier molecular flexibility index (Phi) is 6.25. The quantitative estimate of drug-likeness (QED) is 0.508. The van der Waals surface area contributed by atoms with Crippen molar-refractivity contribution in [3.63, 3.8) is 0 Å². The summed E-state index contributed by atoms with van der Waals surface area (Å²) in [7, 11) is 3.03. The molecular formula is C16H24N2O3S2. The number of amides is 1. The summed E-state index contributed by atoms with van der Waals surface area (Å²) in [6.45, 7) is 4.94. The zero-order valence-corrected chi connectivity index (χ0v) is 15.6. The Bertz CT molecular complexity index is 535. The van der Waals surface area contributed by atoms with Gasteiger partial charge in [0.15, 0.2) is 0 Å². The number of hydroxylamine groups is 2. The predicted molar refractivity (Wildman–Crippen MR) is 95.1 cm³/mol. The van der Waals surface area contributed by atoms with E-state index in [2.05, 4.69) is 18.2 Å². The van der Waals surface area contributed by atoms with Crippen LogP contribution in [0.2, 0.25) is 0 Å². The maximum Gasteiger partial charge on any atom is 0.265 e. The van der Waals surface area contributed by atoms with E-state index in [4.69, 9.17) is 4.74 Å². The Hall–Kier alpha value is -0.890.